The molecule has 0 bridgehead atoms. The first-order valence-electron chi connectivity index (χ1n) is 7.14. The Kier molecular flexibility index (Phi) is 5.47. The van der Waals surface area contributed by atoms with Crippen LogP contribution in [0.1, 0.15) is 25.1 Å². The molecular weight excluding hydrogens is 292 g/mol. The molecule has 2 heterocycles. The summed E-state index contributed by atoms with van der Waals surface area (Å²) in [5.74, 6) is 1.47. The Bertz CT molecular complexity index is 452. The van der Waals surface area contributed by atoms with Gasteiger partial charge in [-0.1, -0.05) is 25.4 Å². The minimum atomic E-state index is 0.244. The molecule has 1 aliphatic heterocycles. The molecule has 3 nitrogen and oxygen atoms in total. The molecule has 1 aromatic rings. The molecule has 0 spiro atoms. The Balaban J connectivity index is 1.84. The molecule has 2 rings (SSSR count). The van der Waals surface area contributed by atoms with Crippen molar-refractivity contribution in [3.8, 4) is 0 Å². The van der Waals surface area contributed by atoms with Gasteiger partial charge in [-0.2, -0.15) is 0 Å². The van der Waals surface area contributed by atoms with Gasteiger partial charge in [0.25, 0.3) is 0 Å². The van der Waals surface area contributed by atoms with E-state index in [1.54, 1.807) is 11.3 Å². The average Bonchev–Trinajstić information content (AvgIpc) is 2.73. The van der Waals surface area contributed by atoms with E-state index in [2.05, 4.69) is 18.7 Å². The summed E-state index contributed by atoms with van der Waals surface area (Å²) in [6.07, 6.45) is 1.23. The zero-order valence-electron chi connectivity index (χ0n) is 12.4. The van der Waals surface area contributed by atoms with Crippen LogP contribution in [0.15, 0.2) is 12.1 Å². The Morgan fingerprint density at radius 1 is 1.40 bits per heavy atom. The number of carbonyl (C=O) groups excluding carboxylic acids is 1. The molecule has 0 radical (unpaired) electrons. The minimum absolute atomic E-state index is 0.244. The monoisotopic (exact) mass is 314 g/mol. The second-order valence-electron chi connectivity index (χ2n) is 6.12. The van der Waals surface area contributed by atoms with Crippen molar-refractivity contribution in [2.75, 3.05) is 26.7 Å². The van der Waals surface area contributed by atoms with Crippen molar-refractivity contribution in [3.63, 3.8) is 0 Å². The van der Waals surface area contributed by atoms with E-state index in [1.165, 1.54) is 11.3 Å². The largest absolute Gasteiger partial charge is 0.341 e. The number of nitrogens with zero attached hydrogens (tertiary/aromatic N) is 2. The van der Waals surface area contributed by atoms with Gasteiger partial charge in [0.15, 0.2) is 0 Å². The topological polar surface area (TPSA) is 23.6 Å². The summed E-state index contributed by atoms with van der Waals surface area (Å²) in [5.41, 5.74) is 0. The van der Waals surface area contributed by atoms with Crippen LogP contribution in [-0.2, 0) is 11.3 Å². The first-order chi connectivity index (χ1) is 9.44. The molecule has 5 heteroatoms. The Morgan fingerprint density at radius 2 is 2.05 bits per heavy atom. The molecule has 1 saturated heterocycles. The number of hydrogen-bond acceptors (Lipinski definition) is 3. The maximum absolute atomic E-state index is 12.4. The van der Waals surface area contributed by atoms with Gasteiger partial charge in [0.2, 0.25) is 5.91 Å². The molecule has 0 N–H and O–H groups in total. The van der Waals surface area contributed by atoms with Gasteiger partial charge >= 0.3 is 0 Å². The van der Waals surface area contributed by atoms with Gasteiger partial charge in [-0.05, 0) is 37.4 Å². The van der Waals surface area contributed by atoms with Crippen LogP contribution in [0.4, 0.5) is 0 Å². The van der Waals surface area contributed by atoms with Crippen LogP contribution >= 0.6 is 22.9 Å². The summed E-state index contributed by atoms with van der Waals surface area (Å²) in [7, 11) is 1.99. The summed E-state index contributed by atoms with van der Waals surface area (Å²) in [6.45, 7) is 7.53. The fraction of sp³-hybridized carbons (Fsp3) is 0.667. The van der Waals surface area contributed by atoms with Crippen molar-refractivity contribution < 1.29 is 4.79 Å². The smallest absolute Gasteiger partial charge is 0.236 e. The Hall–Kier alpha value is -0.580. The molecule has 2 unspecified atom stereocenters. The number of hydrogen-bond donors (Lipinski definition) is 0. The maximum Gasteiger partial charge on any atom is 0.236 e. The van der Waals surface area contributed by atoms with E-state index in [4.69, 9.17) is 11.6 Å². The van der Waals surface area contributed by atoms with E-state index in [9.17, 15) is 4.79 Å². The van der Waals surface area contributed by atoms with Crippen LogP contribution in [0.5, 0.6) is 0 Å². The third kappa shape index (κ3) is 4.47. The molecule has 2 atom stereocenters. The molecule has 1 aromatic heterocycles. The van der Waals surface area contributed by atoms with Gasteiger partial charge < -0.3 is 4.90 Å². The fourth-order valence-electron chi connectivity index (χ4n) is 2.96. The quantitative estimate of drug-likeness (QED) is 0.851. The van der Waals surface area contributed by atoms with Crippen molar-refractivity contribution in [1.29, 1.82) is 0 Å². The number of piperidine rings is 1. The van der Waals surface area contributed by atoms with E-state index in [1.807, 2.05) is 24.1 Å². The number of likely N-dealkylation sites (tertiary alicyclic amines) is 1. The Morgan fingerprint density at radius 3 is 2.60 bits per heavy atom. The third-order valence-electron chi connectivity index (χ3n) is 3.68. The zero-order chi connectivity index (χ0) is 14.7. The van der Waals surface area contributed by atoms with Gasteiger partial charge in [-0.15, -0.1) is 11.3 Å². The molecule has 1 aliphatic rings. The summed E-state index contributed by atoms with van der Waals surface area (Å²) < 4.78 is 0.804. The van der Waals surface area contributed by atoms with Gasteiger partial charge in [0.1, 0.15) is 0 Å². The number of amides is 1. The minimum Gasteiger partial charge on any atom is -0.341 e. The van der Waals surface area contributed by atoms with E-state index in [0.29, 0.717) is 18.4 Å². The zero-order valence-corrected chi connectivity index (χ0v) is 14.0. The lowest BCUT2D eigenvalue weighted by Crippen LogP contribution is -2.46. The molecule has 1 fully saturated rings. The molecule has 0 aromatic carbocycles. The van der Waals surface area contributed by atoms with Crippen LogP contribution in [0, 0.1) is 11.8 Å². The maximum atomic E-state index is 12.4. The lowest BCUT2D eigenvalue weighted by molar-refractivity contribution is -0.134. The summed E-state index contributed by atoms with van der Waals surface area (Å²) in [5, 5.41) is 0. The standard InChI is InChI=1S/C15H23ClN2OS/c1-11-6-12(2)8-18(7-11)15(19)10-17(3)9-13-4-5-14(16)20-13/h4-5,11-12H,6-10H2,1-3H3. The average molecular weight is 315 g/mol. The highest BCUT2D eigenvalue weighted by Gasteiger charge is 2.25. The normalized spacial score (nSPS) is 23.4. The van der Waals surface area contributed by atoms with Crippen molar-refractivity contribution in [1.82, 2.24) is 9.80 Å². The molecule has 1 amide bonds. The van der Waals surface area contributed by atoms with Crippen LogP contribution in [0.2, 0.25) is 4.34 Å². The number of halogens is 1. The number of thiophene rings is 1. The van der Waals surface area contributed by atoms with E-state index in [-0.39, 0.29) is 5.91 Å². The van der Waals surface area contributed by atoms with Crippen LogP contribution in [0.25, 0.3) is 0 Å². The van der Waals surface area contributed by atoms with Crippen molar-refractivity contribution in [3.05, 3.63) is 21.3 Å². The highest BCUT2D eigenvalue weighted by atomic mass is 35.5. The van der Waals surface area contributed by atoms with Crippen LogP contribution < -0.4 is 0 Å². The molecule has 0 saturated carbocycles. The molecule has 112 valence electrons. The van der Waals surface area contributed by atoms with Crippen molar-refractivity contribution in [2.24, 2.45) is 11.8 Å². The molecule has 20 heavy (non-hydrogen) atoms. The van der Waals surface area contributed by atoms with E-state index >= 15 is 0 Å². The number of likely N-dealkylation sites (N-methyl/N-ethyl adjacent to an activating group) is 1. The van der Waals surface area contributed by atoms with E-state index in [0.717, 1.165) is 24.0 Å². The lowest BCUT2D eigenvalue weighted by atomic mass is 9.92. The first kappa shape index (κ1) is 15.8. The SMILES string of the molecule is CC1CC(C)CN(C(=O)CN(C)Cc2ccc(Cl)s2)C1. The molecular formula is C15H23ClN2OS. The van der Waals surface area contributed by atoms with Crippen molar-refractivity contribution >= 4 is 28.8 Å². The number of carbonyl (C=O) groups is 1. The second-order valence-corrected chi connectivity index (χ2v) is 7.92. The Labute approximate surface area is 130 Å². The van der Waals surface area contributed by atoms with Crippen molar-refractivity contribution in [2.45, 2.75) is 26.8 Å². The summed E-state index contributed by atoms with van der Waals surface area (Å²) >= 11 is 7.51. The highest BCUT2D eigenvalue weighted by Crippen LogP contribution is 2.23. The predicted molar refractivity (Wildman–Crippen MR) is 85.2 cm³/mol. The third-order valence-corrected chi connectivity index (χ3v) is 4.90. The predicted octanol–water partition coefficient (Wildman–Crippen LogP) is 3.34. The van der Waals surface area contributed by atoms with Crippen LogP contribution in [0.3, 0.4) is 0 Å². The van der Waals surface area contributed by atoms with Gasteiger partial charge in [-0.25, -0.2) is 0 Å². The lowest BCUT2D eigenvalue weighted by Gasteiger charge is -2.35. The number of rotatable bonds is 4. The van der Waals surface area contributed by atoms with Crippen LogP contribution in [-0.4, -0.2) is 42.4 Å². The van der Waals surface area contributed by atoms with Gasteiger partial charge in [0, 0.05) is 24.5 Å². The van der Waals surface area contributed by atoms with Gasteiger partial charge in [0.05, 0.1) is 10.9 Å². The summed E-state index contributed by atoms with van der Waals surface area (Å²) in [4.78, 5) is 17.6. The fourth-order valence-corrected chi connectivity index (χ4v) is 4.12. The molecule has 0 aliphatic carbocycles. The first-order valence-corrected chi connectivity index (χ1v) is 8.34. The highest BCUT2D eigenvalue weighted by molar-refractivity contribution is 7.16. The second kappa shape index (κ2) is 6.92. The van der Waals surface area contributed by atoms with Gasteiger partial charge in [-0.3, -0.25) is 9.69 Å². The van der Waals surface area contributed by atoms with E-state index < -0.39 is 0 Å². The summed E-state index contributed by atoms with van der Waals surface area (Å²) in [6, 6.07) is 3.93.